The third-order valence-electron chi connectivity index (χ3n) is 5.84. The lowest BCUT2D eigenvalue weighted by atomic mass is 9.92. The zero-order chi connectivity index (χ0) is 26.5. The van der Waals surface area contributed by atoms with Gasteiger partial charge in [-0.05, 0) is 85.3 Å². The molecule has 0 saturated carbocycles. The Morgan fingerprint density at radius 2 is 1.58 bits per heavy atom. The van der Waals surface area contributed by atoms with Crippen LogP contribution in [0.4, 0.5) is 4.79 Å². The number of hydroxylamine groups is 2. The summed E-state index contributed by atoms with van der Waals surface area (Å²) < 4.78 is 11.2. The van der Waals surface area contributed by atoms with Crippen molar-refractivity contribution in [3.8, 4) is 0 Å². The number of likely N-dealkylation sites (tertiary alicyclic amines) is 1. The van der Waals surface area contributed by atoms with E-state index in [2.05, 4.69) is 0 Å². The minimum absolute atomic E-state index is 0.268. The Labute approximate surface area is 215 Å². The van der Waals surface area contributed by atoms with E-state index in [-0.39, 0.29) is 12.3 Å². The Bertz CT molecular complexity index is 967. The van der Waals surface area contributed by atoms with Crippen molar-refractivity contribution in [3.05, 3.63) is 47.7 Å². The molecule has 1 aromatic rings. The maximum absolute atomic E-state index is 13.1. The molecule has 0 aliphatic carbocycles. The van der Waals surface area contributed by atoms with Crippen LogP contribution in [0.25, 0.3) is 0 Å². The fourth-order valence-corrected chi connectivity index (χ4v) is 4.22. The first kappa shape index (κ1) is 27.7. The molecule has 0 N–H and O–H groups in total. The molecule has 1 fully saturated rings. The largest absolute Gasteiger partial charge is 0.455 e. The van der Waals surface area contributed by atoms with Gasteiger partial charge in [0.1, 0.15) is 24.0 Å². The standard InChI is InChI=1S/C28H41N3O5/c1-20-17-23(25(32)35-27(2,3)4)31(34-19-22-11-9-8-10-12-22)24(29-20)18-21-13-15-30(16-14-21)26(33)36-28(5,6)7/h8-12,17,21,24H,13-16,18-19H2,1-7H3. The molecule has 8 heteroatoms. The number of ether oxygens (including phenoxy) is 2. The van der Waals surface area contributed by atoms with Crippen molar-refractivity contribution in [1.29, 1.82) is 0 Å². The minimum Gasteiger partial charge on any atom is -0.455 e. The number of benzene rings is 1. The topological polar surface area (TPSA) is 80.7 Å². The van der Waals surface area contributed by atoms with E-state index >= 15 is 0 Å². The van der Waals surface area contributed by atoms with Crippen LogP contribution in [-0.4, -0.2) is 58.2 Å². The second kappa shape index (κ2) is 11.5. The molecule has 0 radical (unpaired) electrons. The predicted octanol–water partition coefficient (Wildman–Crippen LogP) is 5.48. The number of rotatable bonds is 6. The lowest BCUT2D eigenvalue weighted by molar-refractivity contribution is -0.190. The third kappa shape index (κ3) is 8.36. The molecule has 2 aliphatic heterocycles. The van der Waals surface area contributed by atoms with Crippen molar-refractivity contribution < 1.29 is 23.9 Å². The molecule has 1 atom stereocenters. The number of allylic oxidation sites excluding steroid dienone is 1. The second-order valence-corrected chi connectivity index (χ2v) is 11.5. The molecule has 36 heavy (non-hydrogen) atoms. The summed E-state index contributed by atoms with van der Waals surface area (Å²) in [6, 6.07) is 9.83. The highest BCUT2D eigenvalue weighted by Gasteiger charge is 2.35. The number of carbonyl (C=O) groups is 2. The molecular formula is C28H41N3O5. The predicted molar refractivity (Wildman–Crippen MR) is 139 cm³/mol. The summed E-state index contributed by atoms with van der Waals surface area (Å²) in [6.45, 7) is 14.6. The molecule has 1 amide bonds. The number of amides is 1. The van der Waals surface area contributed by atoms with Gasteiger partial charge in [0.2, 0.25) is 0 Å². The van der Waals surface area contributed by atoms with Crippen molar-refractivity contribution in [1.82, 2.24) is 9.96 Å². The number of nitrogens with zero attached hydrogens (tertiary/aromatic N) is 3. The molecule has 2 heterocycles. The van der Waals surface area contributed by atoms with Crippen LogP contribution >= 0.6 is 0 Å². The Morgan fingerprint density at radius 3 is 2.17 bits per heavy atom. The molecule has 3 rings (SSSR count). The third-order valence-corrected chi connectivity index (χ3v) is 5.84. The van der Waals surface area contributed by atoms with Gasteiger partial charge in [0.15, 0.2) is 5.70 Å². The monoisotopic (exact) mass is 499 g/mol. The normalized spacial score (nSPS) is 19.5. The van der Waals surface area contributed by atoms with Gasteiger partial charge >= 0.3 is 12.1 Å². The summed E-state index contributed by atoms with van der Waals surface area (Å²) in [7, 11) is 0. The van der Waals surface area contributed by atoms with Crippen molar-refractivity contribution in [2.75, 3.05) is 13.1 Å². The minimum atomic E-state index is -0.629. The summed E-state index contributed by atoms with van der Waals surface area (Å²) >= 11 is 0. The van der Waals surface area contributed by atoms with E-state index in [1.165, 1.54) is 0 Å². The number of piperidine rings is 1. The van der Waals surface area contributed by atoms with Gasteiger partial charge in [0, 0.05) is 18.8 Å². The van der Waals surface area contributed by atoms with Crippen LogP contribution in [0, 0.1) is 5.92 Å². The molecule has 1 saturated heterocycles. The second-order valence-electron chi connectivity index (χ2n) is 11.5. The van der Waals surface area contributed by atoms with Crippen LogP contribution in [0.3, 0.4) is 0 Å². The van der Waals surface area contributed by atoms with Crippen molar-refractivity contribution >= 4 is 17.8 Å². The summed E-state index contributed by atoms with van der Waals surface area (Å²) in [4.78, 5) is 38.4. The van der Waals surface area contributed by atoms with Gasteiger partial charge in [-0.1, -0.05) is 30.3 Å². The average molecular weight is 500 g/mol. The summed E-state index contributed by atoms with van der Waals surface area (Å²) in [5.74, 6) is -0.111. The van der Waals surface area contributed by atoms with Gasteiger partial charge in [-0.2, -0.15) is 0 Å². The fourth-order valence-electron chi connectivity index (χ4n) is 4.22. The number of hydrogen-bond donors (Lipinski definition) is 0. The van der Waals surface area contributed by atoms with Crippen LogP contribution < -0.4 is 0 Å². The van der Waals surface area contributed by atoms with Crippen molar-refractivity contribution in [3.63, 3.8) is 0 Å². The van der Waals surface area contributed by atoms with E-state index < -0.39 is 17.2 Å². The zero-order valence-electron chi connectivity index (χ0n) is 22.7. The van der Waals surface area contributed by atoms with Crippen LogP contribution in [0.1, 0.15) is 73.3 Å². The van der Waals surface area contributed by atoms with E-state index in [9.17, 15) is 9.59 Å². The Kier molecular flexibility index (Phi) is 8.82. The van der Waals surface area contributed by atoms with Crippen molar-refractivity contribution in [2.45, 2.75) is 91.7 Å². The highest BCUT2D eigenvalue weighted by Crippen LogP contribution is 2.30. The zero-order valence-corrected chi connectivity index (χ0v) is 22.7. The SMILES string of the molecule is CC1=NC(CC2CCN(C(=O)OC(C)(C)C)CC2)N(OCc2ccccc2)C(C(=O)OC(C)(C)C)=C1. The number of hydrogen-bond acceptors (Lipinski definition) is 7. The van der Waals surface area contributed by atoms with E-state index in [4.69, 9.17) is 19.3 Å². The lowest BCUT2D eigenvalue weighted by Gasteiger charge is -2.38. The van der Waals surface area contributed by atoms with Gasteiger partial charge in [-0.15, -0.1) is 0 Å². The molecule has 2 aliphatic rings. The lowest BCUT2D eigenvalue weighted by Crippen LogP contribution is -2.45. The Hall–Kier alpha value is -2.87. The molecule has 1 aromatic carbocycles. The smallest absolute Gasteiger partial charge is 0.410 e. The van der Waals surface area contributed by atoms with Gasteiger partial charge in [0.25, 0.3) is 0 Å². The molecule has 0 spiro atoms. The molecular weight excluding hydrogens is 458 g/mol. The number of esters is 1. The average Bonchev–Trinajstić information content (AvgIpc) is 2.77. The first-order valence-electron chi connectivity index (χ1n) is 12.7. The number of carbonyl (C=O) groups excluding carboxylic acids is 2. The maximum Gasteiger partial charge on any atom is 0.410 e. The molecule has 1 unspecified atom stereocenters. The van der Waals surface area contributed by atoms with E-state index in [0.29, 0.717) is 37.7 Å². The quantitative estimate of drug-likeness (QED) is 0.482. The molecule has 0 bridgehead atoms. The van der Waals surface area contributed by atoms with Gasteiger partial charge in [-0.25, -0.2) is 14.7 Å². The first-order valence-corrected chi connectivity index (χ1v) is 12.7. The molecule has 8 nitrogen and oxygen atoms in total. The van der Waals surface area contributed by atoms with Gasteiger partial charge in [0.05, 0.1) is 0 Å². The van der Waals surface area contributed by atoms with E-state index in [1.54, 1.807) is 16.0 Å². The van der Waals surface area contributed by atoms with Gasteiger partial charge in [-0.3, -0.25) is 9.83 Å². The summed E-state index contributed by atoms with van der Waals surface area (Å²) in [5.41, 5.74) is 0.964. The van der Waals surface area contributed by atoms with Gasteiger partial charge < -0.3 is 14.4 Å². The van der Waals surface area contributed by atoms with Crippen LogP contribution in [0.15, 0.2) is 47.1 Å². The van der Waals surface area contributed by atoms with Crippen LogP contribution in [-0.2, 0) is 25.7 Å². The van der Waals surface area contributed by atoms with Crippen molar-refractivity contribution in [2.24, 2.45) is 10.9 Å². The summed E-state index contributed by atoms with van der Waals surface area (Å²) in [5, 5.41) is 1.62. The summed E-state index contributed by atoms with van der Waals surface area (Å²) in [6.07, 6.45) is 3.47. The first-order chi connectivity index (χ1) is 16.8. The highest BCUT2D eigenvalue weighted by molar-refractivity contribution is 6.01. The number of aliphatic imine (C=N–C) groups is 1. The van der Waals surface area contributed by atoms with E-state index in [0.717, 1.165) is 24.1 Å². The molecule has 198 valence electrons. The molecule has 0 aromatic heterocycles. The van der Waals surface area contributed by atoms with Crippen LogP contribution in [0.2, 0.25) is 0 Å². The highest BCUT2D eigenvalue weighted by atomic mass is 16.7. The maximum atomic E-state index is 13.1. The van der Waals surface area contributed by atoms with E-state index in [1.807, 2.05) is 78.8 Å². The Morgan fingerprint density at radius 1 is 0.972 bits per heavy atom. The van der Waals surface area contributed by atoms with Crippen LogP contribution in [0.5, 0.6) is 0 Å². The fraction of sp³-hybridized carbons (Fsp3) is 0.607. The Balaban J connectivity index is 1.71.